The predicted octanol–water partition coefficient (Wildman–Crippen LogP) is -3.26. The van der Waals surface area contributed by atoms with Gasteiger partial charge in [0.05, 0.1) is 0 Å². The minimum Gasteiger partial charge on any atom is -0.672 e. The van der Waals surface area contributed by atoms with Gasteiger partial charge in [-0.25, -0.2) is 0 Å². The van der Waals surface area contributed by atoms with E-state index in [2.05, 4.69) is 0 Å². The molecule has 0 N–H and O–H groups in total. The molecule has 0 rings (SSSR count). The van der Waals surface area contributed by atoms with Gasteiger partial charge in [-0.15, -0.1) is 0 Å². The van der Waals surface area contributed by atoms with Crippen LogP contribution in [0.25, 0.3) is 0 Å². The van der Waals surface area contributed by atoms with Gasteiger partial charge in [0, 0.05) is 9.17 Å². The first kappa shape index (κ1) is 15.6. The molecule has 6 heteroatoms. The van der Waals surface area contributed by atoms with E-state index in [0.717, 1.165) is 0 Å². The molecule has 0 aliphatic heterocycles. The van der Waals surface area contributed by atoms with Crippen molar-refractivity contribution in [3.05, 3.63) is 0 Å². The summed E-state index contributed by atoms with van der Waals surface area (Å²) in [5.41, 5.74) is 0. The van der Waals surface area contributed by atoms with Crippen molar-refractivity contribution < 1.29 is 33.5 Å². The summed E-state index contributed by atoms with van der Waals surface area (Å²) in [5, 5.41) is 0. The molecule has 6 heavy (non-hydrogen) atoms. The zero-order valence-corrected chi connectivity index (χ0v) is 10.6. The van der Waals surface area contributed by atoms with Crippen molar-refractivity contribution >= 4 is 54.7 Å². The van der Waals surface area contributed by atoms with Gasteiger partial charge < -0.3 is 14.1 Å². The van der Waals surface area contributed by atoms with Gasteiger partial charge in [0.2, 0.25) is 0 Å². The van der Waals surface area contributed by atoms with Crippen molar-refractivity contribution in [3.8, 4) is 0 Å². The van der Waals surface area contributed by atoms with Gasteiger partial charge in [0.25, 0.3) is 0 Å². The standard InChI is InChI=1S/O3Si.Sr.Zn/c1-4(2)3;;/q-2;2*+2. The van der Waals surface area contributed by atoms with E-state index in [9.17, 15) is 0 Å². The molecule has 0 unspecified atom stereocenters. The molecule has 0 fully saturated rings. The van der Waals surface area contributed by atoms with E-state index in [0.29, 0.717) is 0 Å². The molecular weight excluding hydrogens is 229 g/mol. The summed E-state index contributed by atoms with van der Waals surface area (Å²) in [4.78, 5) is 17.0. The summed E-state index contributed by atoms with van der Waals surface area (Å²) in [7, 11) is -3.63. The Morgan fingerprint density at radius 3 is 1.33 bits per heavy atom. The Bertz CT molecular complexity index is 33.8. The smallest absolute Gasteiger partial charge is 0.672 e. The van der Waals surface area contributed by atoms with Gasteiger partial charge in [-0.3, -0.25) is 0 Å². The third-order valence-corrected chi connectivity index (χ3v) is 0. The van der Waals surface area contributed by atoms with Gasteiger partial charge in [0.1, 0.15) is 0 Å². The van der Waals surface area contributed by atoms with Gasteiger partial charge in [-0.2, -0.15) is 0 Å². The van der Waals surface area contributed by atoms with Crippen LogP contribution in [0.1, 0.15) is 0 Å². The van der Waals surface area contributed by atoms with Crippen molar-refractivity contribution in [2.45, 2.75) is 0 Å². The zero-order valence-electron chi connectivity index (χ0n) is 3.14. The normalized spacial score (nSPS) is 4.00. The van der Waals surface area contributed by atoms with Crippen LogP contribution >= 0.6 is 0 Å². The minimum atomic E-state index is -3.63. The van der Waals surface area contributed by atoms with Gasteiger partial charge in [-0.1, -0.05) is 0 Å². The van der Waals surface area contributed by atoms with Crippen molar-refractivity contribution in [1.82, 2.24) is 0 Å². The quantitative estimate of drug-likeness (QED) is 0.409. The first-order valence-electron chi connectivity index (χ1n) is 0.612. The second-order valence-corrected chi connectivity index (χ2v) is 0.750. The molecule has 0 aromatic heterocycles. The number of rotatable bonds is 0. The maximum Gasteiger partial charge on any atom is 2.00 e. The zero-order chi connectivity index (χ0) is 3.58. The molecule has 0 atom stereocenters. The van der Waals surface area contributed by atoms with Crippen molar-refractivity contribution in [1.29, 1.82) is 0 Å². The van der Waals surface area contributed by atoms with Crippen LogP contribution in [-0.4, -0.2) is 54.7 Å². The van der Waals surface area contributed by atoms with E-state index < -0.39 is 9.17 Å². The molecule has 0 radical (unpaired) electrons. The fourth-order valence-electron chi connectivity index (χ4n) is 0. The van der Waals surface area contributed by atoms with Crippen LogP contribution < -0.4 is 9.59 Å². The largest absolute Gasteiger partial charge is 2.00 e. The molecule has 0 saturated heterocycles. The molecule has 0 bridgehead atoms. The van der Waals surface area contributed by atoms with Crippen LogP contribution in [0.5, 0.6) is 0 Å². The van der Waals surface area contributed by atoms with E-state index in [1.54, 1.807) is 0 Å². The van der Waals surface area contributed by atoms with Crippen LogP contribution in [-0.2, 0) is 23.9 Å². The molecule has 3 nitrogen and oxygen atoms in total. The van der Waals surface area contributed by atoms with Gasteiger partial charge in [-0.05, 0) is 0 Å². The fraction of sp³-hybridized carbons (Fsp3) is 0. The predicted molar refractivity (Wildman–Crippen MR) is 12.2 cm³/mol. The second-order valence-electron chi connectivity index (χ2n) is 0.250. The third kappa shape index (κ3) is 43.1. The summed E-state index contributed by atoms with van der Waals surface area (Å²) in [6.45, 7) is 0. The SMILES string of the molecule is O=[Si]([O-])[O-].[Sr+2].[Zn+2]. The van der Waals surface area contributed by atoms with Crippen LogP contribution in [0.4, 0.5) is 0 Å². The molecule has 0 spiro atoms. The van der Waals surface area contributed by atoms with Crippen LogP contribution in [0.2, 0.25) is 0 Å². The number of hydrogen-bond donors (Lipinski definition) is 0. The summed E-state index contributed by atoms with van der Waals surface area (Å²) >= 11 is 0. The summed E-state index contributed by atoms with van der Waals surface area (Å²) < 4.78 is 8.52. The average molecular weight is 229 g/mol. The average Bonchev–Trinajstić information content (AvgIpc) is 0.811. The minimum absolute atomic E-state index is 0. The van der Waals surface area contributed by atoms with Crippen molar-refractivity contribution in [2.75, 3.05) is 0 Å². The second kappa shape index (κ2) is 9.87. The summed E-state index contributed by atoms with van der Waals surface area (Å²) in [6, 6.07) is 0. The molecule has 0 amide bonds. The monoisotopic (exact) mass is 228 g/mol. The van der Waals surface area contributed by atoms with Crippen molar-refractivity contribution in [3.63, 3.8) is 0 Å². The topological polar surface area (TPSA) is 63.2 Å². The van der Waals surface area contributed by atoms with E-state index in [4.69, 9.17) is 14.1 Å². The third-order valence-electron chi connectivity index (χ3n) is 0. The maximum absolute atomic E-state index is 8.52. The van der Waals surface area contributed by atoms with E-state index in [-0.39, 0.29) is 65.0 Å². The Balaban J connectivity index is -0.0000000450. The Morgan fingerprint density at radius 1 is 1.33 bits per heavy atom. The van der Waals surface area contributed by atoms with Crippen LogP contribution in [0.15, 0.2) is 0 Å². The van der Waals surface area contributed by atoms with Crippen molar-refractivity contribution in [2.24, 2.45) is 0 Å². The van der Waals surface area contributed by atoms with Gasteiger partial charge >= 0.3 is 65.0 Å². The Labute approximate surface area is 86.7 Å². The summed E-state index contributed by atoms with van der Waals surface area (Å²) in [5.74, 6) is 0. The van der Waals surface area contributed by atoms with Gasteiger partial charge in [0.15, 0.2) is 0 Å². The first-order valence-corrected chi connectivity index (χ1v) is 1.84. The van der Waals surface area contributed by atoms with E-state index in [1.165, 1.54) is 0 Å². The van der Waals surface area contributed by atoms with Crippen LogP contribution in [0, 0.1) is 0 Å². The van der Waals surface area contributed by atoms with E-state index in [1.807, 2.05) is 0 Å². The maximum atomic E-state index is 8.52. The first-order chi connectivity index (χ1) is 1.73. The molecular formula is O3SiSrZn+2. The molecule has 0 saturated carbocycles. The molecule has 0 heterocycles. The molecule has 0 aliphatic rings. The molecule has 0 aromatic carbocycles. The van der Waals surface area contributed by atoms with Crippen LogP contribution in [0.3, 0.4) is 0 Å². The molecule has 24 valence electrons. The molecule has 0 aliphatic carbocycles. The molecule has 0 aromatic rings. The Morgan fingerprint density at radius 2 is 1.33 bits per heavy atom. The number of hydrogen-bond acceptors (Lipinski definition) is 3. The Hall–Kier alpha value is 1.72. The van der Waals surface area contributed by atoms with E-state index >= 15 is 0 Å². The fourth-order valence-corrected chi connectivity index (χ4v) is 0. The summed E-state index contributed by atoms with van der Waals surface area (Å²) in [6.07, 6.45) is 0. The Kier molecular flexibility index (Phi) is 25.7.